The third-order valence-corrected chi connectivity index (χ3v) is 5.73. The van der Waals surface area contributed by atoms with Gasteiger partial charge in [-0.15, -0.1) is 0 Å². The zero-order valence-corrected chi connectivity index (χ0v) is 12.3. The summed E-state index contributed by atoms with van der Waals surface area (Å²) in [4.78, 5) is 2.24. The Hall–Kier alpha value is -0.130. The quantitative estimate of drug-likeness (QED) is 0.820. The fourth-order valence-electron chi connectivity index (χ4n) is 1.91. The zero-order chi connectivity index (χ0) is 13.3. The minimum atomic E-state index is -2.82. The Bertz CT molecular complexity index is 355. The van der Waals surface area contributed by atoms with Gasteiger partial charge in [0.2, 0.25) is 0 Å². The molecule has 1 saturated heterocycles. The average Bonchev–Trinajstić information content (AvgIpc) is 2.25. The van der Waals surface area contributed by atoms with Gasteiger partial charge in [-0.2, -0.15) is 0 Å². The monoisotopic (exact) mass is 262 g/mol. The summed E-state index contributed by atoms with van der Waals surface area (Å²) in [5, 5.41) is 0. The van der Waals surface area contributed by atoms with Crippen LogP contribution in [0.4, 0.5) is 0 Å². The Balaban J connectivity index is 2.64. The average molecular weight is 262 g/mol. The molecule has 0 radical (unpaired) electrons. The van der Waals surface area contributed by atoms with Crippen molar-refractivity contribution in [1.29, 1.82) is 0 Å². The van der Waals surface area contributed by atoms with Crippen molar-refractivity contribution in [3.05, 3.63) is 0 Å². The summed E-state index contributed by atoms with van der Waals surface area (Å²) >= 11 is 0. The number of nitrogens with two attached hydrogens (primary N) is 1. The molecular formula is C12H26N2O2S. The van der Waals surface area contributed by atoms with Crippen molar-refractivity contribution in [2.75, 3.05) is 31.1 Å². The van der Waals surface area contributed by atoms with Crippen molar-refractivity contribution < 1.29 is 8.42 Å². The molecule has 17 heavy (non-hydrogen) atoms. The van der Waals surface area contributed by atoms with Crippen molar-refractivity contribution in [2.45, 2.75) is 39.7 Å². The highest BCUT2D eigenvalue weighted by molar-refractivity contribution is 7.91. The van der Waals surface area contributed by atoms with Crippen molar-refractivity contribution in [3.63, 3.8) is 0 Å². The maximum absolute atomic E-state index is 11.5. The van der Waals surface area contributed by atoms with Crippen LogP contribution in [-0.2, 0) is 9.84 Å². The van der Waals surface area contributed by atoms with E-state index in [1.807, 2.05) is 13.8 Å². The molecule has 0 amide bonds. The Morgan fingerprint density at radius 1 is 1.12 bits per heavy atom. The minimum Gasteiger partial charge on any atom is -0.325 e. The zero-order valence-electron chi connectivity index (χ0n) is 11.5. The van der Waals surface area contributed by atoms with Crippen LogP contribution in [0.5, 0.6) is 0 Å². The summed E-state index contributed by atoms with van der Waals surface area (Å²) in [6.45, 7) is 10.7. The first kappa shape index (κ1) is 14.9. The van der Waals surface area contributed by atoms with E-state index < -0.39 is 9.84 Å². The van der Waals surface area contributed by atoms with E-state index in [4.69, 9.17) is 5.73 Å². The Morgan fingerprint density at radius 3 is 2.24 bits per heavy atom. The van der Waals surface area contributed by atoms with E-state index in [1.165, 1.54) is 0 Å². The van der Waals surface area contributed by atoms with Gasteiger partial charge in [0.25, 0.3) is 0 Å². The summed E-state index contributed by atoms with van der Waals surface area (Å²) in [6.07, 6.45) is 0.739. The smallest absolute Gasteiger partial charge is 0.151 e. The predicted molar refractivity (Wildman–Crippen MR) is 71.8 cm³/mol. The van der Waals surface area contributed by atoms with Gasteiger partial charge in [-0.3, -0.25) is 0 Å². The highest BCUT2D eigenvalue weighted by atomic mass is 32.2. The highest BCUT2D eigenvalue weighted by Crippen LogP contribution is 2.29. The Kier molecular flexibility index (Phi) is 4.27. The second kappa shape index (κ2) is 4.86. The van der Waals surface area contributed by atoms with Crippen LogP contribution in [0, 0.1) is 5.41 Å². The van der Waals surface area contributed by atoms with Gasteiger partial charge in [-0.25, -0.2) is 8.42 Å². The van der Waals surface area contributed by atoms with Crippen LogP contribution in [0.25, 0.3) is 0 Å². The van der Waals surface area contributed by atoms with E-state index in [1.54, 1.807) is 0 Å². The molecule has 0 aromatic carbocycles. The van der Waals surface area contributed by atoms with Gasteiger partial charge in [0, 0.05) is 18.6 Å². The maximum Gasteiger partial charge on any atom is 0.151 e. The summed E-state index contributed by atoms with van der Waals surface area (Å²) < 4.78 is 23.1. The van der Waals surface area contributed by atoms with Crippen LogP contribution >= 0.6 is 0 Å². The molecular weight excluding hydrogens is 236 g/mol. The lowest BCUT2D eigenvalue weighted by atomic mass is 9.75. The molecule has 0 spiro atoms. The van der Waals surface area contributed by atoms with Gasteiger partial charge in [0.1, 0.15) is 0 Å². The van der Waals surface area contributed by atoms with Crippen molar-refractivity contribution in [1.82, 2.24) is 4.90 Å². The fourth-order valence-corrected chi connectivity index (χ4v) is 3.22. The summed E-state index contributed by atoms with van der Waals surface area (Å²) in [5.74, 6) is 0.615. The topological polar surface area (TPSA) is 63.4 Å². The number of sulfone groups is 1. The standard InChI is InChI=1S/C12H26N2O2S/c1-11(2,12(3,4)13)10-14-6-5-8-17(15,16)9-7-14/h5-10,13H2,1-4H3. The molecule has 102 valence electrons. The molecule has 0 unspecified atom stereocenters. The predicted octanol–water partition coefficient (Wildman–Crippen LogP) is 0.870. The van der Waals surface area contributed by atoms with E-state index in [-0.39, 0.29) is 16.7 Å². The second-order valence-electron chi connectivity index (χ2n) is 6.39. The summed E-state index contributed by atoms with van der Waals surface area (Å²) in [6, 6.07) is 0. The fraction of sp³-hybridized carbons (Fsp3) is 1.00. The van der Waals surface area contributed by atoms with E-state index in [0.717, 1.165) is 19.5 Å². The molecule has 1 rings (SSSR count). The highest BCUT2D eigenvalue weighted by Gasteiger charge is 2.35. The molecule has 0 aromatic rings. The van der Waals surface area contributed by atoms with Crippen LogP contribution in [0.2, 0.25) is 0 Å². The van der Waals surface area contributed by atoms with Crippen LogP contribution in [0.15, 0.2) is 0 Å². The molecule has 1 fully saturated rings. The van der Waals surface area contributed by atoms with Gasteiger partial charge in [0.05, 0.1) is 11.5 Å². The largest absolute Gasteiger partial charge is 0.325 e. The first-order valence-corrected chi connectivity index (χ1v) is 8.07. The molecule has 0 aromatic heterocycles. The molecule has 0 aliphatic carbocycles. The van der Waals surface area contributed by atoms with Gasteiger partial charge in [-0.05, 0) is 32.2 Å². The third kappa shape index (κ3) is 4.23. The number of nitrogens with zero attached hydrogens (tertiary/aromatic N) is 1. The van der Waals surface area contributed by atoms with Gasteiger partial charge < -0.3 is 10.6 Å². The summed E-state index contributed by atoms with van der Waals surface area (Å²) in [5.41, 5.74) is 5.89. The minimum absolute atomic E-state index is 0.0267. The van der Waals surface area contributed by atoms with Gasteiger partial charge in [-0.1, -0.05) is 13.8 Å². The Labute approximate surface area is 105 Å². The second-order valence-corrected chi connectivity index (χ2v) is 8.69. The SMILES string of the molecule is CC(C)(N)C(C)(C)CN1CCCS(=O)(=O)CC1. The summed E-state index contributed by atoms with van der Waals surface area (Å²) in [7, 11) is -2.82. The van der Waals surface area contributed by atoms with Crippen LogP contribution in [0.3, 0.4) is 0 Å². The van der Waals surface area contributed by atoms with Crippen molar-refractivity contribution >= 4 is 9.84 Å². The van der Waals surface area contributed by atoms with E-state index >= 15 is 0 Å². The first-order chi connectivity index (χ1) is 7.54. The third-order valence-electron chi connectivity index (χ3n) is 4.01. The molecule has 2 N–H and O–H groups in total. The van der Waals surface area contributed by atoms with E-state index in [9.17, 15) is 8.42 Å². The number of rotatable bonds is 3. The Morgan fingerprint density at radius 2 is 1.71 bits per heavy atom. The first-order valence-electron chi connectivity index (χ1n) is 6.25. The molecule has 0 bridgehead atoms. The lowest BCUT2D eigenvalue weighted by Gasteiger charge is -2.42. The van der Waals surface area contributed by atoms with E-state index in [2.05, 4.69) is 18.7 Å². The lowest BCUT2D eigenvalue weighted by Crippen LogP contribution is -2.53. The normalized spacial score (nSPS) is 23.4. The van der Waals surface area contributed by atoms with E-state index in [0.29, 0.717) is 12.3 Å². The maximum atomic E-state index is 11.5. The molecule has 1 aliphatic heterocycles. The molecule has 5 heteroatoms. The molecule has 1 aliphatic rings. The van der Waals surface area contributed by atoms with Crippen molar-refractivity contribution in [2.24, 2.45) is 11.1 Å². The number of hydrogen-bond donors (Lipinski definition) is 1. The molecule has 0 saturated carbocycles. The molecule has 1 heterocycles. The van der Waals surface area contributed by atoms with Crippen LogP contribution in [0.1, 0.15) is 34.1 Å². The number of hydrogen-bond acceptors (Lipinski definition) is 4. The molecule has 4 nitrogen and oxygen atoms in total. The van der Waals surface area contributed by atoms with Gasteiger partial charge >= 0.3 is 0 Å². The molecule has 0 atom stereocenters. The van der Waals surface area contributed by atoms with Crippen molar-refractivity contribution in [3.8, 4) is 0 Å². The van der Waals surface area contributed by atoms with Gasteiger partial charge in [0.15, 0.2) is 9.84 Å². The van der Waals surface area contributed by atoms with Crippen LogP contribution in [-0.4, -0.2) is 50.0 Å². The van der Waals surface area contributed by atoms with Crippen LogP contribution < -0.4 is 5.73 Å². The lowest BCUT2D eigenvalue weighted by molar-refractivity contribution is 0.118.